The number of amides is 1. The summed E-state index contributed by atoms with van der Waals surface area (Å²) in [6.07, 6.45) is 0.0741. The summed E-state index contributed by atoms with van der Waals surface area (Å²) >= 11 is 0. The van der Waals surface area contributed by atoms with E-state index in [9.17, 15) is 4.79 Å². The van der Waals surface area contributed by atoms with Gasteiger partial charge in [0.1, 0.15) is 6.61 Å². The van der Waals surface area contributed by atoms with Crippen molar-refractivity contribution in [3.63, 3.8) is 0 Å². The first-order chi connectivity index (χ1) is 8.50. The van der Waals surface area contributed by atoms with Crippen LogP contribution in [0, 0.1) is 5.92 Å². The molecule has 0 fully saturated rings. The Morgan fingerprint density at radius 3 is 2.28 bits per heavy atom. The van der Waals surface area contributed by atoms with Crippen LogP contribution >= 0.6 is 0 Å². The summed E-state index contributed by atoms with van der Waals surface area (Å²) in [5.41, 5.74) is 1.13. The van der Waals surface area contributed by atoms with Gasteiger partial charge in [0.05, 0.1) is 12.1 Å². The van der Waals surface area contributed by atoms with Crippen LogP contribution in [0.2, 0.25) is 0 Å². The molecular weight excluding hydrogens is 226 g/mol. The number of hydrogen-bond acceptors (Lipinski definition) is 2. The molecule has 0 aliphatic heterocycles. The van der Waals surface area contributed by atoms with Gasteiger partial charge in [0, 0.05) is 0 Å². The molecule has 1 aromatic carbocycles. The molecule has 0 saturated heterocycles. The molecule has 0 aliphatic rings. The lowest BCUT2D eigenvalue weighted by Crippen LogP contribution is -2.34. The summed E-state index contributed by atoms with van der Waals surface area (Å²) in [7, 11) is 0. The summed E-state index contributed by atoms with van der Waals surface area (Å²) in [6.45, 7) is 8.16. The molecular formula is C15H23NO2. The van der Waals surface area contributed by atoms with Gasteiger partial charge in [-0.3, -0.25) is 4.79 Å². The molecule has 0 bridgehead atoms. The van der Waals surface area contributed by atoms with Crippen LogP contribution in [0.5, 0.6) is 0 Å². The van der Waals surface area contributed by atoms with Gasteiger partial charge in [0.15, 0.2) is 0 Å². The summed E-state index contributed by atoms with van der Waals surface area (Å²) in [4.78, 5) is 11.8. The molecule has 0 aliphatic carbocycles. The van der Waals surface area contributed by atoms with Crippen LogP contribution in [0.15, 0.2) is 30.3 Å². The minimum absolute atomic E-state index is 0.0365. The van der Waals surface area contributed by atoms with Gasteiger partial charge in [-0.25, -0.2) is 0 Å². The van der Waals surface area contributed by atoms with Gasteiger partial charge in [-0.2, -0.15) is 0 Å². The third-order valence-corrected chi connectivity index (χ3v) is 2.69. The Hall–Kier alpha value is -1.35. The van der Waals surface area contributed by atoms with Gasteiger partial charge in [-0.15, -0.1) is 0 Å². The fourth-order valence-corrected chi connectivity index (χ4v) is 1.75. The maximum absolute atomic E-state index is 11.8. The predicted octanol–water partition coefficient (Wildman–Crippen LogP) is 2.92. The summed E-state index contributed by atoms with van der Waals surface area (Å²) in [5, 5.41) is 3.02. The second kappa shape index (κ2) is 7.17. The van der Waals surface area contributed by atoms with E-state index >= 15 is 0 Å². The fraction of sp³-hybridized carbons (Fsp3) is 0.533. The van der Waals surface area contributed by atoms with Gasteiger partial charge in [0.2, 0.25) is 5.91 Å². The highest BCUT2D eigenvalue weighted by Crippen LogP contribution is 2.21. The second-order valence-corrected chi connectivity index (χ2v) is 5.06. The van der Waals surface area contributed by atoms with Crippen molar-refractivity contribution >= 4 is 5.91 Å². The number of nitrogens with one attached hydrogen (secondary N) is 1. The summed E-state index contributed by atoms with van der Waals surface area (Å²) in [6, 6.07) is 10.1. The highest BCUT2D eigenvalue weighted by atomic mass is 16.5. The van der Waals surface area contributed by atoms with E-state index in [1.54, 1.807) is 0 Å². The Morgan fingerprint density at radius 2 is 1.78 bits per heavy atom. The molecule has 0 heterocycles. The van der Waals surface area contributed by atoms with E-state index in [-0.39, 0.29) is 24.7 Å². The van der Waals surface area contributed by atoms with Gasteiger partial charge in [-0.05, 0) is 25.3 Å². The molecule has 0 radical (unpaired) electrons. The number of ether oxygens (including phenoxy) is 1. The number of benzene rings is 1. The molecule has 1 unspecified atom stereocenters. The Balaban J connectivity index is 2.62. The number of carbonyl (C=O) groups excluding carboxylic acids is 1. The Labute approximate surface area is 110 Å². The molecule has 1 aromatic rings. The fourth-order valence-electron chi connectivity index (χ4n) is 1.75. The van der Waals surface area contributed by atoms with Crippen LogP contribution in [0.3, 0.4) is 0 Å². The first-order valence-electron chi connectivity index (χ1n) is 6.46. The number of rotatable bonds is 6. The largest absolute Gasteiger partial charge is 0.369 e. The standard InChI is InChI=1S/C15H23NO2/c1-11(2)15(13-8-6-5-7-9-13)16-14(17)10-18-12(3)4/h5-9,11-12,15H,10H2,1-4H3,(H,16,17). The van der Waals surface area contributed by atoms with Crippen LogP contribution < -0.4 is 5.32 Å². The van der Waals surface area contributed by atoms with Crippen LogP contribution in [-0.2, 0) is 9.53 Å². The van der Waals surface area contributed by atoms with Crippen LogP contribution in [0.25, 0.3) is 0 Å². The Bertz CT molecular complexity index is 360. The lowest BCUT2D eigenvalue weighted by Gasteiger charge is -2.23. The first-order valence-corrected chi connectivity index (χ1v) is 6.46. The van der Waals surface area contributed by atoms with Crippen LogP contribution in [0.4, 0.5) is 0 Å². The smallest absolute Gasteiger partial charge is 0.246 e. The maximum Gasteiger partial charge on any atom is 0.246 e. The molecule has 0 aromatic heterocycles. The van der Waals surface area contributed by atoms with Crippen LogP contribution in [0.1, 0.15) is 39.3 Å². The van der Waals surface area contributed by atoms with E-state index in [1.807, 2.05) is 44.2 Å². The topological polar surface area (TPSA) is 38.3 Å². The van der Waals surface area contributed by atoms with Gasteiger partial charge >= 0.3 is 0 Å². The zero-order chi connectivity index (χ0) is 13.5. The van der Waals surface area contributed by atoms with Crippen LogP contribution in [-0.4, -0.2) is 18.6 Å². The molecule has 3 heteroatoms. The van der Waals surface area contributed by atoms with Crippen molar-refractivity contribution in [2.75, 3.05) is 6.61 Å². The molecule has 0 saturated carbocycles. The quantitative estimate of drug-likeness (QED) is 0.841. The van der Waals surface area contributed by atoms with Crippen molar-refractivity contribution in [3.05, 3.63) is 35.9 Å². The molecule has 1 atom stereocenters. The van der Waals surface area contributed by atoms with Crippen molar-refractivity contribution in [3.8, 4) is 0 Å². The molecule has 18 heavy (non-hydrogen) atoms. The van der Waals surface area contributed by atoms with Gasteiger partial charge in [0.25, 0.3) is 0 Å². The van der Waals surface area contributed by atoms with Gasteiger partial charge in [-0.1, -0.05) is 44.2 Å². The molecule has 1 rings (SSSR count). The zero-order valence-electron chi connectivity index (χ0n) is 11.6. The molecule has 3 nitrogen and oxygen atoms in total. The third-order valence-electron chi connectivity index (χ3n) is 2.69. The zero-order valence-corrected chi connectivity index (χ0v) is 11.6. The van der Waals surface area contributed by atoms with Crippen molar-refractivity contribution in [1.29, 1.82) is 0 Å². The minimum Gasteiger partial charge on any atom is -0.369 e. The van der Waals surface area contributed by atoms with E-state index < -0.39 is 0 Å². The number of carbonyl (C=O) groups is 1. The van der Waals surface area contributed by atoms with Crippen molar-refractivity contribution < 1.29 is 9.53 Å². The summed E-state index contributed by atoms with van der Waals surface area (Å²) in [5.74, 6) is 0.279. The Kier molecular flexibility index (Phi) is 5.86. The number of hydrogen-bond donors (Lipinski definition) is 1. The van der Waals surface area contributed by atoms with E-state index in [2.05, 4.69) is 19.2 Å². The molecule has 100 valence electrons. The monoisotopic (exact) mass is 249 g/mol. The van der Waals surface area contributed by atoms with Crippen molar-refractivity contribution in [2.45, 2.75) is 39.8 Å². The highest BCUT2D eigenvalue weighted by molar-refractivity contribution is 5.77. The minimum atomic E-state index is -0.0637. The van der Waals surface area contributed by atoms with Gasteiger partial charge < -0.3 is 10.1 Å². The highest BCUT2D eigenvalue weighted by Gasteiger charge is 2.18. The third kappa shape index (κ3) is 4.88. The lowest BCUT2D eigenvalue weighted by molar-refractivity contribution is -0.128. The average Bonchev–Trinajstić information content (AvgIpc) is 2.34. The van der Waals surface area contributed by atoms with Crippen molar-refractivity contribution in [1.82, 2.24) is 5.32 Å². The first kappa shape index (κ1) is 14.7. The van der Waals surface area contributed by atoms with E-state index in [0.717, 1.165) is 5.56 Å². The molecule has 1 N–H and O–H groups in total. The van der Waals surface area contributed by atoms with Crippen molar-refractivity contribution in [2.24, 2.45) is 5.92 Å². The average molecular weight is 249 g/mol. The maximum atomic E-state index is 11.8. The lowest BCUT2D eigenvalue weighted by atomic mass is 9.96. The Morgan fingerprint density at radius 1 is 1.17 bits per heavy atom. The summed E-state index contributed by atoms with van der Waals surface area (Å²) < 4.78 is 5.31. The predicted molar refractivity (Wildman–Crippen MR) is 73.3 cm³/mol. The molecule has 0 spiro atoms. The molecule has 1 amide bonds. The van der Waals surface area contributed by atoms with E-state index in [1.165, 1.54) is 0 Å². The normalized spacial score (nSPS) is 12.8. The van der Waals surface area contributed by atoms with E-state index in [4.69, 9.17) is 4.74 Å². The SMILES string of the molecule is CC(C)OCC(=O)NC(c1ccccc1)C(C)C. The van der Waals surface area contributed by atoms with E-state index in [0.29, 0.717) is 5.92 Å². The second-order valence-electron chi connectivity index (χ2n) is 5.06.